The number of rotatable bonds is 6. The van der Waals surface area contributed by atoms with Gasteiger partial charge in [-0.3, -0.25) is 0 Å². The summed E-state index contributed by atoms with van der Waals surface area (Å²) in [6, 6.07) is 4.09. The fourth-order valence-corrected chi connectivity index (χ4v) is 5.43. The van der Waals surface area contributed by atoms with Crippen molar-refractivity contribution < 1.29 is 70.9 Å². The Kier molecular flexibility index (Phi) is 9.96. The molecule has 276 valence electrons. The Balaban J connectivity index is 1.83. The molecule has 0 aliphatic rings. The van der Waals surface area contributed by atoms with E-state index >= 15 is 17.6 Å². The zero-order valence-electron chi connectivity index (χ0n) is 27.2. The third-order valence-corrected chi connectivity index (χ3v) is 7.56. The molecule has 16 heteroatoms. The molecule has 0 heterocycles. The van der Waals surface area contributed by atoms with E-state index in [2.05, 4.69) is 0 Å². The van der Waals surface area contributed by atoms with Crippen LogP contribution < -0.4 is 9.47 Å². The Morgan fingerprint density at radius 3 is 1.08 bits per heavy atom. The Bertz CT molecular complexity index is 1880. The average Bonchev–Trinajstić information content (AvgIpc) is 2.98. The van der Waals surface area contributed by atoms with Gasteiger partial charge in [0.15, 0.2) is 34.9 Å². The lowest BCUT2D eigenvalue weighted by atomic mass is 9.73. The van der Waals surface area contributed by atoms with Crippen LogP contribution in [0.15, 0.2) is 48.5 Å². The van der Waals surface area contributed by atoms with Gasteiger partial charge >= 0.3 is 12.4 Å². The highest BCUT2D eigenvalue weighted by atomic mass is 19.4. The fraction of sp³-hybridized carbons (Fsp3) is 0.314. The van der Waals surface area contributed by atoms with Gasteiger partial charge in [-0.25, -0.2) is 26.3 Å². The van der Waals surface area contributed by atoms with Crippen LogP contribution in [0, 0.1) is 46.5 Å². The van der Waals surface area contributed by atoms with Crippen LogP contribution in [0.3, 0.4) is 0 Å². The van der Waals surface area contributed by atoms with Crippen LogP contribution in [0.25, 0.3) is 11.1 Å². The fourth-order valence-electron chi connectivity index (χ4n) is 5.43. The Morgan fingerprint density at radius 2 is 0.765 bits per heavy atom. The van der Waals surface area contributed by atoms with E-state index in [4.69, 9.17) is 9.47 Å². The third kappa shape index (κ3) is 6.80. The Labute approximate surface area is 281 Å². The molecular formula is C35H26F14O2. The molecule has 0 aromatic heterocycles. The van der Waals surface area contributed by atoms with Crippen LogP contribution in [0.4, 0.5) is 61.5 Å². The van der Waals surface area contributed by atoms with Gasteiger partial charge in [-0.1, -0.05) is 45.0 Å². The Hall–Kier alpha value is -4.50. The van der Waals surface area contributed by atoms with Crippen molar-refractivity contribution in [2.75, 3.05) is 0 Å². The molecule has 0 fully saturated rings. The van der Waals surface area contributed by atoms with Gasteiger partial charge in [-0.2, -0.15) is 35.1 Å². The first kappa shape index (κ1) is 39.3. The Morgan fingerprint density at radius 1 is 0.431 bits per heavy atom. The van der Waals surface area contributed by atoms with E-state index in [1.165, 1.54) is 0 Å². The van der Waals surface area contributed by atoms with E-state index in [1.54, 1.807) is 20.8 Å². The number of hydrogen-bond donors (Lipinski definition) is 0. The minimum atomic E-state index is -6.05. The van der Waals surface area contributed by atoms with Crippen molar-refractivity contribution in [3.63, 3.8) is 0 Å². The monoisotopic (exact) mass is 744 g/mol. The second kappa shape index (κ2) is 12.9. The lowest BCUT2D eigenvalue weighted by Crippen LogP contribution is -2.54. The number of alkyl halides is 6. The van der Waals surface area contributed by atoms with Crippen molar-refractivity contribution in [3.8, 4) is 28.4 Å². The van der Waals surface area contributed by atoms with Crippen molar-refractivity contribution in [1.29, 1.82) is 0 Å². The predicted octanol–water partition coefficient (Wildman–Crippen LogP) is 12.1. The molecule has 0 bridgehead atoms. The summed E-state index contributed by atoms with van der Waals surface area (Å²) in [6.45, 7) is 8.17. The number of benzene rings is 4. The summed E-state index contributed by atoms with van der Waals surface area (Å²) in [6.07, 6.45) is -12.1. The van der Waals surface area contributed by atoms with Crippen molar-refractivity contribution in [2.45, 2.75) is 70.3 Å². The first-order chi connectivity index (χ1) is 23.2. The van der Waals surface area contributed by atoms with Crippen LogP contribution in [-0.2, 0) is 10.8 Å². The molecule has 0 N–H and O–H groups in total. The van der Waals surface area contributed by atoms with Gasteiger partial charge in [0.05, 0.1) is 11.1 Å². The van der Waals surface area contributed by atoms with E-state index in [9.17, 15) is 43.9 Å². The predicted molar refractivity (Wildman–Crippen MR) is 156 cm³/mol. The molecule has 4 aromatic rings. The van der Waals surface area contributed by atoms with Crippen molar-refractivity contribution in [2.24, 2.45) is 0 Å². The smallest absolute Gasteiger partial charge is 0.411 e. The molecule has 0 atom stereocenters. The van der Waals surface area contributed by atoms with E-state index in [0.717, 1.165) is 32.9 Å². The molecule has 0 amide bonds. The highest BCUT2D eigenvalue weighted by molar-refractivity contribution is 5.69. The maximum atomic E-state index is 15.1. The molecule has 4 aromatic carbocycles. The zero-order valence-corrected chi connectivity index (χ0v) is 27.2. The normalized spacial score (nSPS) is 13.1. The van der Waals surface area contributed by atoms with Gasteiger partial charge in [-0.05, 0) is 61.6 Å². The first-order valence-corrected chi connectivity index (χ1v) is 14.6. The van der Waals surface area contributed by atoms with Gasteiger partial charge in [0.1, 0.15) is 17.1 Å². The van der Waals surface area contributed by atoms with Gasteiger partial charge in [0, 0.05) is 5.56 Å². The second-order valence-electron chi connectivity index (χ2n) is 13.3. The van der Waals surface area contributed by atoms with Crippen LogP contribution in [-0.4, -0.2) is 18.0 Å². The SMILES string of the molecule is CC(C)(C)Oc1ccc(C(c2ccc(Oc3c(F)c(F)c(-c4c(F)c(F)c(C(C)(C)C)c(F)c4F)c(F)c3F)cc2)(C(F)(F)F)C(F)(F)F)cc1. The summed E-state index contributed by atoms with van der Waals surface area (Å²) in [4.78, 5) is 0. The summed E-state index contributed by atoms with van der Waals surface area (Å²) in [5.41, 5.74) is -15.4. The van der Waals surface area contributed by atoms with E-state index in [0.29, 0.717) is 24.3 Å². The molecule has 0 saturated heterocycles. The maximum absolute atomic E-state index is 15.1. The molecule has 0 radical (unpaired) electrons. The maximum Gasteiger partial charge on any atom is 0.411 e. The molecule has 0 saturated carbocycles. The van der Waals surface area contributed by atoms with E-state index in [1.807, 2.05) is 0 Å². The van der Waals surface area contributed by atoms with Crippen LogP contribution in [0.5, 0.6) is 17.2 Å². The third-order valence-electron chi connectivity index (χ3n) is 7.56. The van der Waals surface area contributed by atoms with Crippen molar-refractivity contribution >= 4 is 0 Å². The van der Waals surface area contributed by atoms with Gasteiger partial charge < -0.3 is 9.47 Å². The number of halogens is 14. The second-order valence-corrected chi connectivity index (χ2v) is 13.3. The number of ether oxygens (including phenoxy) is 2. The highest BCUT2D eigenvalue weighted by Gasteiger charge is 2.72. The topological polar surface area (TPSA) is 18.5 Å². The van der Waals surface area contributed by atoms with Crippen molar-refractivity contribution in [3.05, 3.63) is 112 Å². The van der Waals surface area contributed by atoms with Gasteiger partial charge in [0.25, 0.3) is 0 Å². The summed E-state index contributed by atoms with van der Waals surface area (Å²) in [7, 11) is 0. The van der Waals surface area contributed by atoms with E-state index in [-0.39, 0.29) is 17.9 Å². The summed E-state index contributed by atoms with van der Waals surface area (Å²) in [5.74, 6) is -22.3. The molecular weight excluding hydrogens is 718 g/mol. The largest absolute Gasteiger partial charge is 0.488 e. The molecule has 51 heavy (non-hydrogen) atoms. The molecule has 0 aliphatic heterocycles. The van der Waals surface area contributed by atoms with Gasteiger partial charge in [0.2, 0.25) is 22.8 Å². The number of hydrogen-bond acceptors (Lipinski definition) is 2. The molecule has 0 unspecified atom stereocenters. The first-order valence-electron chi connectivity index (χ1n) is 14.6. The zero-order chi connectivity index (χ0) is 38.8. The standard InChI is InChI=1S/C35H26F14O2/c1-31(2,3)21-26(40)22(36)19(23(37)27(21)41)20-24(38)28(42)30(29(43)25(20)39)50-17-11-7-15(8-12-17)33(34(44,45)46,35(47,48)49)16-9-13-18(14-10-16)51-32(4,5)6/h7-14H,1-6H3. The molecule has 2 nitrogen and oxygen atoms in total. The van der Waals surface area contributed by atoms with Crippen LogP contribution >= 0.6 is 0 Å². The highest BCUT2D eigenvalue weighted by Crippen LogP contribution is 2.56. The minimum Gasteiger partial charge on any atom is -0.488 e. The molecule has 4 rings (SSSR count). The van der Waals surface area contributed by atoms with E-state index < -0.39 is 115 Å². The molecule has 0 aliphatic carbocycles. The van der Waals surface area contributed by atoms with Crippen LogP contribution in [0.2, 0.25) is 0 Å². The lowest BCUT2D eigenvalue weighted by molar-refractivity contribution is -0.288. The van der Waals surface area contributed by atoms with Crippen LogP contribution in [0.1, 0.15) is 58.2 Å². The minimum absolute atomic E-state index is 0.0505. The summed E-state index contributed by atoms with van der Waals surface area (Å²) in [5, 5.41) is 0. The van der Waals surface area contributed by atoms with Crippen molar-refractivity contribution in [1.82, 2.24) is 0 Å². The quantitative estimate of drug-likeness (QED) is 0.145. The summed E-state index contributed by atoms with van der Waals surface area (Å²) < 4.78 is 217. The lowest BCUT2D eigenvalue weighted by Gasteiger charge is -2.38. The van der Waals surface area contributed by atoms with Gasteiger partial charge in [-0.15, -0.1) is 0 Å². The average molecular weight is 745 g/mol. The molecule has 0 spiro atoms. The summed E-state index contributed by atoms with van der Waals surface area (Å²) >= 11 is 0.